The Balaban J connectivity index is 1.53. The summed E-state index contributed by atoms with van der Waals surface area (Å²) >= 11 is 0. The van der Waals surface area contributed by atoms with E-state index >= 15 is 0 Å². The smallest absolute Gasteiger partial charge is 0.416 e. The number of hydrogen-bond donors (Lipinski definition) is 1. The highest BCUT2D eigenvalue weighted by Gasteiger charge is 2.30. The molecular formula is C24H21F3N2O3. The van der Waals surface area contributed by atoms with E-state index in [9.17, 15) is 22.8 Å². The summed E-state index contributed by atoms with van der Waals surface area (Å²) in [6, 6.07) is 14.2. The Bertz CT molecular complexity index is 1130. The number of carbonyl (C=O) groups excluding carboxylic acids is 2. The number of anilines is 1. The van der Waals surface area contributed by atoms with E-state index in [4.69, 9.17) is 4.42 Å². The van der Waals surface area contributed by atoms with Gasteiger partial charge in [-0.25, -0.2) is 0 Å². The topological polar surface area (TPSA) is 62.6 Å². The summed E-state index contributed by atoms with van der Waals surface area (Å²) < 4.78 is 44.4. The molecule has 0 unspecified atom stereocenters. The lowest BCUT2D eigenvalue weighted by Crippen LogP contribution is -2.36. The summed E-state index contributed by atoms with van der Waals surface area (Å²) in [4.78, 5) is 27.4. The molecule has 1 aliphatic rings. The number of hydrogen-bond acceptors (Lipinski definition) is 3. The maximum Gasteiger partial charge on any atom is 0.416 e. The number of alkyl halides is 3. The molecule has 5 nitrogen and oxygen atoms in total. The van der Waals surface area contributed by atoms with Crippen molar-refractivity contribution in [2.75, 3.05) is 18.4 Å². The van der Waals surface area contributed by atoms with Gasteiger partial charge in [-0.15, -0.1) is 0 Å². The number of carbonyl (C=O) groups is 2. The van der Waals surface area contributed by atoms with Crippen LogP contribution in [0.1, 0.15) is 45.7 Å². The molecule has 0 atom stereocenters. The van der Waals surface area contributed by atoms with Crippen molar-refractivity contribution in [1.82, 2.24) is 4.90 Å². The molecule has 0 bridgehead atoms. The van der Waals surface area contributed by atoms with Crippen LogP contribution in [0.3, 0.4) is 0 Å². The van der Waals surface area contributed by atoms with Crippen molar-refractivity contribution in [3.8, 4) is 11.3 Å². The van der Waals surface area contributed by atoms with Crippen LogP contribution < -0.4 is 5.32 Å². The Labute approximate surface area is 182 Å². The highest BCUT2D eigenvalue weighted by atomic mass is 19.4. The van der Waals surface area contributed by atoms with Crippen molar-refractivity contribution in [3.63, 3.8) is 0 Å². The molecule has 0 aliphatic carbocycles. The standard InChI is InChI=1S/C24H21F3N2O3/c25-24(26,27)17-8-6-7-16(15-17)20-11-12-21(32-20)22(30)28-19-10-3-2-9-18(19)23(31)29-13-4-1-5-14-29/h2-3,6-12,15H,1,4-5,13-14H2,(H,28,30). The molecule has 32 heavy (non-hydrogen) atoms. The van der Waals surface area contributed by atoms with E-state index in [1.54, 1.807) is 29.2 Å². The Morgan fingerprint density at radius 2 is 1.66 bits per heavy atom. The number of rotatable bonds is 4. The van der Waals surface area contributed by atoms with Crippen molar-refractivity contribution in [3.05, 3.63) is 77.6 Å². The lowest BCUT2D eigenvalue weighted by molar-refractivity contribution is -0.137. The van der Waals surface area contributed by atoms with Gasteiger partial charge in [0.2, 0.25) is 0 Å². The van der Waals surface area contributed by atoms with Crippen molar-refractivity contribution in [2.24, 2.45) is 0 Å². The average molecular weight is 442 g/mol. The van der Waals surface area contributed by atoms with E-state index in [0.717, 1.165) is 31.4 Å². The fraction of sp³-hybridized carbons (Fsp3) is 0.250. The molecule has 0 spiro atoms. The first-order valence-corrected chi connectivity index (χ1v) is 10.3. The molecule has 3 aromatic rings. The van der Waals surface area contributed by atoms with Crippen molar-refractivity contribution >= 4 is 17.5 Å². The lowest BCUT2D eigenvalue weighted by Gasteiger charge is -2.27. The number of nitrogens with zero attached hydrogens (tertiary/aromatic N) is 1. The second-order valence-corrected chi connectivity index (χ2v) is 7.60. The third kappa shape index (κ3) is 4.69. The number of piperidine rings is 1. The summed E-state index contributed by atoms with van der Waals surface area (Å²) in [5.74, 6) is -0.677. The predicted molar refractivity (Wildman–Crippen MR) is 113 cm³/mol. The van der Waals surface area contributed by atoms with Gasteiger partial charge < -0.3 is 14.6 Å². The molecule has 1 aromatic heterocycles. The highest BCUT2D eigenvalue weighted by Crippen LogP contribution is 2.33. The second kappa shape index (κ2) is 8.90. The van der Waals surface area contributed by atoms with Gasteiger partial charge in [0.25, 0.3) is 11.8 Å². The first kappa shape index (κ1) is 21.7. The van der Waals surface area contributed by atoms with E-state index in [2.05, 4.69) is 5.32 Å². The molecular weight excluding hydrogens is 421 g/mol. The molecule has 8 heteroatoms. The third-order valence-electron chi connectivity index (χ3n) is 5.35. The van der Waals surface area contributed by atoms with Crippen LogP contribution in [0.15, 0.2) is 65.1 Å². The lowest BCUT2D eigenvalue weighted by atomic mass is 10.1. The molecule has 1 fully saturated rings. The Morgan fingerprint density at radius 3 is 2.41 bits per heavy atom. The van der Waals surface area contributed by atoms with Gasteiger partial charge in [-0.05, 0) is 55.7 Å². The van der Waals surface area contributed by atoms with Gasteiger partial charge in [0.05, 0.1) is 16.8 Å². The SMILES string of the molecule is O=C(Nc1ccccc1C(=O)N1CCCCC1)c1ccc(-c2cccc(C(F)(F)F)c2)o1. The molecule has 2 heterocycles. The van der Waals surface area contributed by atoms with Gasteiger partial charge in [0.15, 0.2) is 5.76 Å². The van der Waals surface area contributed by atoms with Gasteiger partial charge in [-0.3, -0.25) is 9.59 Å². The largest absolute Gasteiger partial charge is 0.451 e. The summed E-state index contributed by atoms with van der Waals surface area (Å²) in [6.45, 7) is 1.36. The molecule has 0 radical (unpaired) electrons. The summed E-state index contributed by atoms with van der Waals surface area (Å²) in [5, 5.41) is 2.69. The highest BCUT2D eigenvalue weighted by molar-refractivity contribution is 6.08. The van der Waals surface area contributed by atoms with Gasteiger partial charge >= 0.3 is 6.18 Å². The maximum absolute atomic E-state index is 13.0. The van der Waals surface area contributed by atoms with Crippen LogP contribution in [0.5, 0.6) is 0 Å². The van der Waals surface area contributed by atoms with E-state index < -0.39 is 17.6 Å². The van der Waals surface area contributed by atoms with Crippen LogP contribution in [-0.4, -0.2) is 29.8 Å². The first-order valence-electron chi connectivity index (χ1n) is 10.3. The maximum atomic E-state index is 13.0. The summed E-state index contributed by atoms with van der Waals surface area (Å²) in [5.41, 5.74) is 0.139. The number of amides is 2. The molecule has 0 saturated carbocycles. The first-order chi connectivity index (χ1) is 15.3. The monoisotopic (exact) mass is 442 g/mol. The number of likely N-dealkylation sites (tertiary alicyclic amines) is 1. The third-order valence-corrected chi connectivity index (χ3v) is 5.35. The van der Waals surface area contributed by atoms with Crippen LogP contribution >= 0.6 is 0 Å². The summed E-state index contributed by atoms with van der Waals surface area (Å²) in [6.07, 6.45) is -1.49. The Morgan fingerprint density at radius 1 is 0.906 bits per heavy atom. The van der Waals surface area contributed by atoms with Crippen LogP contribution in [0.4, 0.5) is 18.9 Å². The van der Waals surface area contributed by atoms with Crippen molar-refractivity contribution in [2.45, 2.75) is 25.4 Å². The molecule has 1 aliphatic heterocycles. The molecule has 1 N–H and O–H groups in total. The Hall–Kier alpha value is -3.55. The number of nitrogens with one attached hydrogen (secondary N) is 1. The molecule has 1 saturated heterocycles. The van der Waals surface area contributed by atoms with Crippen LogP contribution in [0, 0.1) is 0 Å². The number of halogens is 3. The molecule has 4 rings (SSSR count). The fourth-order valence-corrected chi connectivity index (χ4v) is 3.69. The van der Waals surface area contributed by atoms with E-state index in [1.807, 2.05) is 0 Å². The zero-order chi connectivity index (χ0) is 22.7. The normalized spacial score (nSPS) is 14.3. The molecule has 2 amide bonds. The quantitative estimate of drug-likeness (QED) is 0.552. The fourth-order valence-electron chi connectivity index (χ4n) is 3.69. The van der Waals surface area contributed by atoms with Crippen LogP contribution in [-0.2, 0) is 6.18 Å². The van der Waals surface area contributed by atoms with Crippen molar-refractivity contribution < 1.29 is 27.2 Å². The second-order valence-electron chi connectivity index (χ2n) is 7.60. The van der Waals surface area contributed by atoms with Crippen LogP contribution in [0.25, 0.3) is 11.3 Å². The van der Waals surface area contributed by atoms with Gasteiger partial charge in [0, 0.05) is 18.7 Å². The predicted octanol–water partition coefficient (Wildman–Crippen LogP) is 5.84. The zero-order valence-corrected chi connectivity index (χ0v) is 17.1. The number of benzene rings is 2. The minimum Gasteiger partial charge on any atom is -0.451 e. The Kier molecular flexibility index (Phi) is 6.03. The average Bonchev–Trinajstić information content (AvgIpc) is 3.30. The molecule has 2 aromatic carbocycles. The van der Waals surface area contributed by atoms with Crippen molar-refractivity contribution in [1.29, 1.82) is 0 Å². The van der Waals surface area contributed by atoms with E-state index in [1.165, 1.54) is 24.3 Å². The van der Waals surface area contributed by atoms with Gasteiger partial charge in [-0.2, -0.15) is 13.2 Å². The number of para-hydroxylation sites is 1. The molecule has 166 valence electrons. The van der Waals surface area contributed by atoms with Gasteiger partial charge in [0.1, 0.15) is 5.76 Å². The summed E-state index contributed by atoms with van der Waals surface area (Å²) in [7, 11) is 0. The zero-order valence-electron chi connectivity index (χ0n) is 17.1. The van der Waals surface area contributed by atoms with Crippen LogP contribution in [0.2, 0.25) is 0 Å². The minimum absolute atomic E-state index is 0.0716. The number of furan rings is 1. The van der Waals surface area contributed by atoms with Gasteiger partial charge in [-0.1, -0.05) is 24.3 Å². The van der Waals surface area contributed by atoms with E-state index in [-0.39, 0.29) is 23.0 Å². The van der Waals surface area contributed by atoms with E-state index in [0.29, 0.717) is 24.3 Å². The minimum atomic E-state index is -4.48.